The van der Waals surface area contributed by atoms with Crippen molar-refractivity contribution in [1.82, 2.24) is 14.9 Å². The van der Waals surface area contributed by atoms with Crippen molar-refractivity contribution in [3.63, 3.8) is 0 Å². The maximum absolute atomic E-state index is 4.40. The number of nitrogens with one attached hydrogen (secondary N) is 1. The number of hydrogen-bond acceptors (Lipinski definition) is 3. The second kappa shape index (κ2) is 5.80. The summed E-state index contributed by atoms with van der Waals surface area (Å²) in [5.74, 6) is 1.03. The number of imidazole rings is 1. The van der Waals surface area contributed by atoms with Crippen LogP contribution in [0.1, 0.15) is 6.92 Å². The van der Waals surface area contributed by atoms with Gasteiger partial charge in [0, 0.05) is 25.5 Å². The zero-order chi connectivity index (χ0) is 12.1. The van der Waals surface area contributed by atoms with Gasteiger partial charge in [-0.3, -0.25) is 0 Å². The van der Waals surface area contributed by atoms with Gasteiger partial charge in [0.25, 0.3) is 0 Å². The number of nitrogens with zero attached hydrogens (tertiary/aromatic N) is 2. The van der Waals surface area contributed by atoms with Gasteiger partial charge in [-0.1, -0.05) is 19.6 Å². The summed E-state index contributed by atoms with van der Waals surface area (Å²) in [7, 11) is 0. The highest BCUT2D eigenvalue weighted by Gasteiger charge is 2.07. The molecular formula is C13H17N3S. The van der Waals surface area contributed by atoms with Gasteiger partial charge in [0.05, 0.1) is 4.88 Å². The molecule has 0 aliphatic rings. The third kappa shape index (κ3) is 3.05. The van der Waals surface area contributed by atoms with Crippen LogP contribution >= 0.6 is 11.3 Å². The molecule has 0 aliphatic carbocycles. The van der Waals surface area contributed by atoms with Crippen LogP contribution < -0.4 is 5.32 Å². The highest BCUT2D eigenvalue weighted by Crippen LogP contribution is 2.23. The Morgan fingerprint density at radius 1 is 1.59 bits per heavy atom. The Morgan fingerprint density at radius 2 is 2.47 bits per heavy atom. The average molecular weight is 247 g/mol. The molecule has 2 aromatic heterocycles. The summed E-state index contributed by atoms with van der Waals surface area (Å²) in [4.78, 5) is 5.60. The van der Waals surface area contributed by atoms with E-state index in [1.165, 1.54) is 10.5 Å². The van der Waals surface area contributed by atoms with E-state index in [0.717, 1.165) is 25.5 Å². The molecule has 0 aromatic carbocycles. The normalized spacial score (nSPS) is 10.6. The largest absolute Gasteiger partial charge is 0.326 e. The van der Waals surface area contributed by atoms with Crippen LogP contribution in [0.5, 0.6) is 0 Å². The second-order valence-corrected chi connectivity index (χ2v) is 4.83. The molecule has 0 bridgehead atoms. The van der Waals surface area contributed by atoms with E-state index < -0.39 is 0 Å². The molecule has 0 saturated carbocycles. The Bertz CT molecular complexity index is 471. The molecule has 0 atom stereocenters. The topological polar surface area (TPSA) is 29.9 Å². The first kappa shape index (κ1) is 12.1. The first-order chi connectivity index (χ1) is 8.31. The zero-order valence-electron chi connectivity index (χ0n) is 10.0. The Morgan fingerprint density at radius 3 is 3.18 bits per heavy atom. The molecule has 0 unspecified atom stereocenters. The summed E-state index contributed by atoms with van der Waals surface area (Å²) in [5, 5.41) is 5.36. The highest BCUT2D eigenvalue weighted by molar-refractivity contribution is 7.13. The summed E-state index contributed by atoms with van der Waals surface area (Å²) in [5.41, 5.74) is 1.17. The minimum Gasteiger partial charge on any atom is -0.326 e. The number of thiophene rings is 1. The van der Waals surface area contributed by atoms with E-state index in [0.29, 0.717) is 0 Å². The van der Waals surface area contributed by atoms with Crippen LogP contribution in [0.3, 0.4) is 0 Å². The average Bonchev–Trinajstić information content (AvgIpc) is 2.95. The summed E-state index contributed by atoms with van der Waals surface area (Å²) in [6.45, 7) is 8.83. The molecule has 2 heterocycles. The van der Waals surface area contributed by atoms with Crippen LogP contribution in [0.15, 0.2) is 42.1 Å². The molecule has 3 nitrogen and oxygen atoms in total. The Kier molecular flexibility index (Phi) is 4.12. The first-order valence-corrected chi connectivity index (χ1v) is 6.61. The molecular weight excluding hydrogens is 230 g/mol. The Hall–Kier alpha value is -1.39. The van der Waals surface area contributed by atoms with Crippen molar-refractivity contribution in [3.05, 3.63) is 42.1 Å². The summed E-state index contributed by atoms with van der Waals surface area (Å²) in [6, 6.07) is 4.14. The molecule has 2 aromatic rings. The number of aromatic nitrogens is 2. The van der Waals surface area contributed by atoms with Crippen LogP contribution in [-0.4, -0.2) is 22.6 Å². The quantitative estimate of drug-likeness (QED) is 0.795. The van der Waals surface area contributed by atoms with Gasteiger partial charge in [0.15, 0.2) is 0 Å². The highest BCUT2D eigenvalue weighted by atomic mass is 32.1. The molecule has 17 heavy (non-hydrogen) atoms. The standard InChI is InChI=1S/C13H17N3S/c1-3-14-9-11(2)10-16-7-6-15-13(16)12-5-4-8-17-12/h4-8,14H,2-3,9-10H2,1H3. The molecule has 0 spiro atoms. The van der Waals surface area contributed by atoms with E-state index in [2.05, 4.69) is 39.8 Å². The van der Waals surface area contributed by atoms with Gasteiger partial charge in [-0.2, -0.15) is 0 Å². The van der Waals surface area contributed by atoms with Gasteiger partial charge in [0.1, 0.15) is 5.82 Å². The monoisotopic (exact) mass is 247 g/mol. The smallest absolute Gasteiger partial charge is 0.150 e. The third-order valence-electron chi connectivity index (χ3n) is 2.48. The van der Waals surface area contributed by atoms with Crippen LogP contribution in [0.25, 0.3) is 10.7 Å². The zero-order valence-corrected chi connectivity index (χ0v) is 10.8. The van der Waals surface area contributed by atoms with Gasteiger partial charge in [0.2, 0.25) is 0 Å². The predicted octanol–water partition coefficient (Wildman–Crippen LogP) is 2.78. The SMILES string of the molecule is C=C(CNCC)Cn1ccnc1-c1cccs1. The van der Waals surface area contributed by atoms with E-state index in [9.17, 15) is 0 Å². The summed E-state index contributed by atoms with van der Waals surface area (Å²) < 4.78 is 2.14. The summed E-state index contributed by atoms with van der Waals surface area (Å²) >= 11 is 1.71. The molecule has 2 rings (SSSR count). The summed E-state index contributed by atoms with van der Waals surface area (Å²) in [6.07, 6.45) is 3.85. The Labute approximate surface area is 106 Å². The van der Waals surface area contributed by atoms with E-state index in [-0.39, 0.29) is 0 Å². The maximum atomic E-state index is 4.40. The van der Waals surface area contributed by atoms with Crippen LogP contribution in [-0.2, 0) is 6.54 Å². The minimum atomic E-state index is 0.820. The van der Waals surface area contributed by atoms with Crippen molar-refractivity contribution in [3.8, 4) is 10.7 Å². The Balaban J connectivity index is 2.07. The molecule has 90 valence electrons. The van der Waals surface area contributed by atoms with Crippen molar-refractivity contribution in [1.29, 1.82) is 0 Å². The van der Waals surface area contributed by atoms with Crippen molar-refractivity contribution >= 4 is 11.3 Å². The first-order valence-electron chi connectivity index (χ1n) is 5.73. The van der Waals surface area contributed by atoms with Crippen LogP contribution in [0.2, 0.25) is 0 Å². The minimum absolute atomic E-state index is 0.820. The van der Waals surface area contributed by atoms with E-state index >= 15 is 0 Å². The van der Waals surface area contributed by atoms with Gasteiger partial charge in [-0.05, 0) is 23.6 Å². The lowest BCUT2D eigenvalue weighted by molar-refractivity contribution is 0.708. The molecule has 0 saturated heterocycles. The van der Waals surface area contributed by atoms with Crippen LogP contribution in [0.4, 0.5) is 0 Å². The molecule has 0 amide bonds. The molecule has 4 heteroatoms. The fourth-order valence-corrected chi connectivity index (χ4v) is 2.40. The predicted molar refractivity (Wildman–Crippen MR) is 73.2 cm³/mol. The fraction of sp³-hybridized carbons (Fsp3) is 0.308. The fourth-order valence-electron chi connectivity index (χ4n) is 1.67. The van der Waals surface area contributed by atoms with E-state index in [1.807, 2.05) is 18.5 Å². The van der Waals surface area contributed by atoms with Crippen molar-refractivity contribution in [2.24, 2.45) is 0 Å². The van der Waals surface area contributed by atoms with Crippen LogP contribution in [0, 0.1) is 0 Å². The molecule has 1 N–H and O–H groups in total. The van der Waals surface area contributed by atoms with E-state index in [4.69, 9.17) is 0 Å². The lowest BCUT2D eigenvalue weighted by Crippen LogP contribution is -2.18. The van der Waals surface area contributed by atoms with Crippen molar-refractivity contribution < 1.29 is 0 Å². The van der Waals surface area contributed by atoms with Gasteiger partial charge in [-0.15, -0.1) is 11.3 Å². The van der Waals surface area contributed by atoms with E-state index in [1.54, 1.807) is 11.3 Å². The third-order valence-corrected chi connectivity index (χ3v) is 3.34. The lowest BCUT2D eigenvalue weighted by Gasteiger charge is -2.09. The number of likely N-dealkylation sites (N-methyl/N-ethyl adjacent to an activating group) is 1. The molecule has 0 aliphatic heterocycles. The van der Waals surface area contributed by atoms with Gasteiger partial charge < -0.3 is 9.88 Å². The lowest BCUT2D eigenvalue weighted by atomic mass is 10.3. The van der Waals surface area contributed by atoms with Crippen molar-refractivity contribution in [2.75, 3.05) is 13.1 Å². The number of hydrogen-bond donors (Lipinski definition) is 1. The van der Waals surface area contributed by atoms with Crippen molar-refractivity contribution in [2.45, 2.75) is 13.5 Å². The van der Waals surface area contributed by atoms with Gasteiger partial charge >= 0.3 is 0 Å². The molecule has 0 radical (unpaired) electrons. The molecule has 0 fully saturated rings. The van der Waals surface area contributed by atoms with Gasteiger partial charge in [-0.25, -0.2) is 4.98 Å². The maximum Gasteiger partial charge on any atom is 0.150 e. The second-order valence-electron chi connectivity index (χ2n) is 3.89. The number of rotatable bonds is 6.